The Kier molecular flexibility index (Phi) is 4.84. The van der Waals surface area contributed by atoms with Crippen LogP contribution in [0.4, 0.5) is 0 Å². The third-order valence-corrected chi connectivity index (χ3v) is 3.77. The second-order valence-corrected chi connectivity index (χ2v) is 5.81. The van der Waals surface area contributed by atoms with Crippen molar-refractivity contribution in [3.63, 3.8) is 0 Å². The molecule has 0 heterocycles. The monoisotopic (exact) mass is 285 g/mol. The van der Waals surface area contributed by atoms with Crippen LogP contribution in [0.2, 0.25) is 0 Å². The van der Waals surface area contributed by atoms with E-state index in [-0.39, 0.29) is 11.9 Å². The molecule has 0 aromatic heterocycles. The highest BCUT2D eigenvalue weighted by molar-refractivity contribution is 5.84. The van der Waals surface area contributed by atoms with Crippen molar-refractivity contribution in [3.05, 3.63) is 42.5 Å². The molecule has 2 aromatic carbocycles. The number of carbonyl (C=O) groups excluding carboxylic acids is 1. The van der Waals surface area contributed by atoms with Crippen molar-refractivity contribution in [2.75, 3.05) is 0 Å². The molecule has 0 spiro atoms. The molecule has 0 fully saturated rings. The van der Waals surface area contributed by atoms with E-state index >= 15 is 0 Å². The molecule has 3 heteroatoms. The van der Waals surface area contributed by atoms with Crippen molar-refractivity contribution >= 4 is 16.7 Å². The van der Waals surface area contributed by atoms with Crippen LogP contribution in [0.25, 0.3) is 10.8 Å². The highest BCUT2D eigenvalue weighted by atomic mass is 16.5. The Morgan fingerprint density at radius 1 is 1.00 bits per heavy atom. The lowest BCUT2D eigenvalue weighted by atomic mass is 10.1. The highest BCUT2D eigenvalue weighted by Gasteiger charge is 2.18. The molecule has 2 atom stereocenters. The van der Waals surface area contributed by atoms with Gasteiger partial charge in [-0.15, -0.1) is 0 Å². The fraction of sp³-hybridized carbons (Fsp3) is 0.389. The summed E-state index contributed by atoms with van der Waals surface area (Å²) in [5.74, 6) is 1.04. The van der Waals surface area contributed by atoms with E-state index in [1.807, 2.05) is 43.3 Å². The number of ether oxygens (including phenoxy) is 1. The number of fused-ring (bicyclic) bond motifs is 1. The molecule has 2 aromatic rings. The zero-order chi connectivity index (χ0) is 15.4. The predicted molar refractivity (Wildman–Crippen MR) is 86.5 cm³/mol. The summed E-state index contributed by atoms with van der Waals surface area (Å²) in [6.45, 7) is 7.95. The maximum atomic E-state index is 12.1. The van der Waals surface area contributed by atoms with Crippen LogP contribution in [0.3, 0.4) is 0 Å². The van der Waals surface area contributed by atoms with Crippen LogP contribution in [0.5, 0.6) is 5.75 Å². The number of amides is 1. The molecule has 3 nitrogen and oxygen atoms in total. The van der Waals surface area contributed by atoms with Crippen LogP contribution in [-0.4, -0.2) is 18.1 Å². The molecule has 1 N–H and O–H groups in total. The smallest absolute Gasteiger partial charge is 0.260 e. The average molecular weight is 285 g/mol. The van der Waals surface area contributed by atoms with E-state index in [4.69, 9.17) is 4.74 Å². The molecular weight excluding hydrogens is 262 g/mol. The standard InChI is InChI=1S/C18H23NO2/c1-12(2)13(3)19-18(20)14(4)21-17-10-9-15-7-5-6-8-16(15)11-17/h5-14H,1-4H3,(H,19,20)/t13-,14+/m1/s1. The fourth-order valence-corrected chi connectivity index (χ4v) is 2.01. The van der Waals surface area contributed by atoms with Crippen molar-refractivity contribution in [2.45, 2.75) is 39.8 Å². The van der Waals surface area contributed by atoms with Gasteiger partial charge in [-0.05, 0) is 42.7 Å². The molecule has 0 saturated carbocycles. The molecule has 0 unspecified atom stereocenters. The highest BCUT2D eigenvalue weighted by Crippen LogP contribution is 2.21. The van der Waals surface area contributed by atoms with E-state index in [2.05, 4.69) is 25.2 Å². The fourth-order valence-electron chi connectivity index (χ4n) is 2.01. The minimum atomic E-state index is -0.507. The van der Waals surface area contributed by atoms with Gasteiger partial charge in [0.2, 0.25) is 0 Å². The first-order valence-electron chi connectivity index (χ1n) is 7.43. The first-order valence-corrected chi connectivity index (χ1v) is 7.43. The van der Waals surface area contributed by atoms with Gasteiger partial charge in [0, 0.05) is 6.04 Å². The quantitative estimate of drug-likeness (QED) is 0.908. The molecule has 112 valence electrons. The van der Waals surface area contributed by atoms with Gasteiger partial charge < -0.3 is 10.1 Å². The summed E-state index contributed by atoms with van der Waals surface area (Å²) in [6.07, 6.45) is -0.507. The van der Waals surface area contributed by atoms with Crippen LogP contribution < -0.4 is 10.1 Å². The van der Waals surface area contributed by atoms with Crippen LogP contribution in [0, 0.1) is 5.92 Å². The Labute approximate surface area is 126 Å². The Morgan fingerprint density at radius 3 is 2.33 bits per heavy atom. The van der Waals surface area contributed by atoms with Crippen LogP contribution in [0.1, 0.15) is 27.7 Å². The van der Waals surface area contributed by atoms with Crippen LogP contribution in [-0.2, 0) is 4.79 Å². The van der Waals surface area contributed by atoms with Crippen LogP contribution >= 0.6 is 0 Å². The summed E-state index contributed by atoms with van der Waals surface area (Å²) in [6, 6.07) is 14.1. The molecule has 0 aliphatic heterocycles. The van der Waals surface area contributed by atoms with Gasteiger partial charge in [0.25, 0.3) is 5.91 Å². The topological polar surface area (TPSA) is 38.3 Å². The summed E-state index contributed by atoms with van der Waals surface area (Å²) in [4.78, 5) is 12.1. The minimum absolute atomic E-state index is 0.0793. The predicted octanol–water partition coefficient (Wildman–Crippen LogP) is 3.77. The molecule has 2 rings (SSSR count). The molecule has 1 amide bonds. The molecule has 0 radical (unpaired) electrons. The number of nitrogens with one attached hydrogen (secondary N) is 1. The maximum absolute atomic E-state index is 12.1. The molecule has 21 heavy (non-hydrogen) atoms. The van der Waals surface area contributed by atoms with Gasteiger partial charge in [-0.2, -0.15) is 0 Å². The zero-order valence-electron chi connectivity index (χ0n) is 13.1. The van der Waals surface area contributed by atoms with E-state index in [9.17, 15) is 4.79 Å². The molecule has 0 aliphatic carbocycles. The zero-order valence-corrected chi connectivity index (χ0v) is 13.1. The van der Waals surface area contributed by atoms with Gasteiger partial charge in [-0.25, -0.2) is 0 Å². The van der Waals surface area contributed by atoms with Gasteiger partial charge in [0.15, 0.2) is 6.10 Å². The number of benzene rings is 2. The van der Waals surface area contributed by atoms with Crippen molar-refractivity contribution in [1.82, 2.24) is 5.32 Å². The Hall–Kier alpha value is -2.03. The van der Waals surface area contributed by atoms with E-state index in [0.717, 1.165) is 10.8 Å². The Morgan fingerprint density at radius 2 is 1.67 bits per heavy atom. The lowest BCUT2D eigenvalue weighted by molar-refractivity contribution is -0.128. The number of hydrogen-bond acceptors (Lipinski definition) is 2. The normalized spacial score (nSPS) is 14.0. The maximum Gasteiger partial charge on any atom is 0.260 e. The minimum Gasteiger partial charge on any atom is -0.481 e. The van der Waals surface area contributed by atoms with E-state index in [1.54, 1.807) is 6.92 Å². The third-order valence-electron chi connectivity index (χ3n) is 3.77. The van der Waals surface area contributed by atoms with E-state index in [0.29, 0.717) is 11.7 Å². The second kappa shape index (κ2) is 6.61. The van der Waals surface area contributed by atoms with Crippen molar-refractivity contribution < 1.29 is 9.53 Å². The van der Waals surface area contributed by atoms with E-state index in [1.165, 1.54) is 0 Å². The lowest BCUT2D eigenvalue weighted by Crippen LogP contribution is -2.43. The SMILES string of the molecule is CC(C)[C@@H](C)NC(=O)[C@H](C)Oc1ccc2ccccc2c1. The third kappa shape index (κ3) is 3.97. The molecule has 0 bridgehead atoms. The first kappa shape index (κ1) is 15.4. The van der Waals surface area contributed by atoms with E-state index < -0.39 is 6.10 Å². The first-order chi connectivity index (χ1) is 9.97. The number of rotatable bonds is 5. The summed E-state index contributed by atoms with van der Waals surface area (Å²) in [5, 5.41) is 5.24. The van der Waals surface area contributed by atoms with Gasteiger partial charge >= 0.3 is 0 Å². The Bertz CT molecular complexity index is 621. The lowest BCUT2D eigenvalue weighted by Gasteiger charge is -2.21. The second-order valence-electron chi connectivity index (χ2n) is 5.81. The summed E-state index contributed by atoms with van der Waals surface area (Å²) in [5.41, 5.74) is 0. The van der Waals surface area contributed by atoms with Crippen LogP contribution in [0.15, 0.2) is 42.5 Å². The largest absolute Gasteiger partial charge is 0.481 e. The molecule has 0 saturated heterocycles. The average Bonchev–Trinajstić information content (AvgIpc) is 2.46. The number of hydrogen-bond donors (Lipinski definition) is 1. The Balaban J connectivity index is 2.03. The van der Waals surface area contributed by atoms with Gasteiger partial charge in [-0.3, -0.25) is 4.79 Å². The molecule has 0 aliphatic rings. The van der Waals surface area contributed by atoms with Gasteiger partial charge in [0.05, 0.1) is 0 Å². The molecular formula is C18H23NO2. The summed E-state index contributed by atoms with van der Waals surface area (Å²) in [7, 11) is 0. The van der Waals surface area contributed by atoms with Crippen molar-refractivity contribution in [1.29, 1.82) is 0 Å². The van der Waals surface area contributed by atoms with Crippen molar-refractivity contribution in [3.8, 4) is 5.75 Å². The van der Waals surface area contributed by atoms with Crippen molar-refractivity contribution in [2.24, 2.45) is 5.92 Å². The summed E-state index contributed by atoms with van der Waals surface area (Å²) >= 11 is 0. The van der Waals surface area contributed by atoms with Gasteiger partial charge in [-0.1, -0.05) is 44.2 Å². The summed E-state index contributed by atoms with van der Waals surface area (Å²) < 4.78 is 5.75. The number of carbonyl (C=O) groups is 1. The van der Waals surface area contributed by atoms with Gasteiger partial charge in [0.1, 0.15) is 5.75 Å².